The predicted octanol–water partition coefficient (Wildman–Crippen LogP) is 5.91. The average Bonchev–Trinajstić information content (AvgIpc) is 2.79. The lowest BCUT2D eigenvalue weighted by Gasteiger charge is -2.07. The van der Waals surface area contributed by atoms with Gasteiger partial charge in [-0.2, -0.15) is 0 Å². The van der Waals surface area contributed by atoms with Crippen LogP contribution in [0.4, 0.5) is 5.69 Å². The summed E-state index contributed by atoms with van der Waals surface area (Å²) in [6, 6.07) is 23.8. The maximum atomic E-state index is 6.21. The molecule has 0 aliphatic heterocycles. The zero-order valence-electron chi connectivity index (χ0n) is 16.8. The number of ether oxygens (including phenoxy) is 2. The van der Waals surface area contributed by atoms with Gasteiger partial charge in [0.2, 0.25) is 0 Å². The van der Waals surface area contributed by atoms with Crippen LogP contribution < -0.4 is 14.8 Å². The first-order valence-electron chi connectivity index (χ1n) is 9.60. The van der Waals surface area contributed by atoms with E-state index in [0.29, 0.717) is 0 Å². The van der Waals surface area contributed by atoms with Crippen LogP contribution in [0.15, 0.2) is 82.2 Å². The van der Waals surface area contributed by atoms with E-state index in [9.17, 15) is 0 Å². The molecule has 0 aliphatic rings. The van der Waals surface area contributed by atoms with Gasteiger partial charge in [-0.25, -0.2) is 4.99 Å². The second-order valence-corrected chi connectivity index (χ2v) is 6.72. The molecule has 4 rings (SSSR count). The van der Waals surface area contributed by atoms with Crippen LogP contribution in [-0.4, -0.2) is 14.2 Å². The van der Waals surface area contributed by atoms with Crippen LogP contribution in [0.1, 0.15) is 12.5 Å². The van der Waals surface area contributed by atoms with Crippen molar-refractivity contribution in [2.75, 3.05) is 14.2 Å². The summed E-state index contributed by atoms with van der Waals surface area (Å²) in [7, 11) is 3.32. The van der Waals surface area contributed by atoms with Crippen LogP contribution in [0.2, 0.25) is 0 Å². The first-order chi connectivity index (χ1) is 14.2. The third-order valence-electron chi connectivity index (χ3n) is 4.91. The summed E-state index contributed by atoms with van der Waals surface area (Å²) in [6.07, 6.45) is 0.956. The number of hydrogen-bond donors (Lipinski definition) is 0. The van der Waals surface area contributed by atoms with Crippen molar-refractivity contribution in [2.45, 2.75) is 13.3 Å². The molecule has 4 aromatic rings. The normalized spacial score (nSPS) is 11.6. The Morgan fingerprint density at radius 1 is 0.793 bits per heavy atom. The van der Waals surface area contributed by atoms with Gasteiger partial charge in [-0.3, -0.25) is 0 Å². The minimum Gasteiger partial charge on any atom is -0.497 e. The lowest BCUT2D eigenvalue weighted by atomic mass is 10.1. The Bertz CT molecular complexity index is 1190. The summed E-state index contributed by atoms with van der Waals surface area (Å²) in [5, 5.41) is 1.87. The average molecular weight is 385 g/mol. The topological polar surface area (TPSA) is 44.0 Å². The standard InChI is InChI=1S/C25H23NO3/c1-4-17-5-14-24-22(15-17)23(26-19-8-12-21(28-3)13-9-19)16-25(29-24)18-6-10-20(27-2)11-7-18/h5-16H,4H2,1-3H3. The fourth-order valence-corrected chi connectivity index (χ4v) is 3.22. The Morgan fingerprint density at radius 3 is 2.07 bits per heavy atom. The van der Waals surface area contributed by atoms with Gasteiger partial charge in [0.05, 0.1) is 25.3 Å². The molecule has 0 amide bonds. The van der Waals surface area contributed by atoms with E-state index in [4.69, 9.17) is 18.9 Å². The summed E-state index contributed by atoms with van der Waals surface area (Å²) < 4.78 is 16.7. The van der Waals surface area contributed by atoms with E-state index in [2.05, 4.69) is 19.1 Å². The molecule has 1 aromatic heterocycles. The molecule has 1 heterocycles. The number of aryl methyl sites for hydroxylation is 1. The molecule has 3 aromatic carbocycles. The van der Waals surface area contributed by atoms with Crippen LogP contribution in [-0.2, 0) is 6.42 Å². The van der Waals surface area contributed by atoms with Crippen LogP contribution in [0.25, 0.3) is 22.3 Å². The quantitative estimate of drug-likeness (QED) is 0.429. The summed E-state index contributed by atoms with van der Waals surface area (Å²) in [5.41, 5.74) is 3.89. The summed E-state index contributed by atoms with van der Waals surface area (Å²) in [4.78, 5) is 4.90. The molecule has 0 unspecified atom stereocenters. The molecular weight excluding hydrogens is 362 g/mol. The first kappa shape index (κ1) is 18.8. The highest BCUT2D eigenvalue weighted by Crippen LogP contribution is 2.26. The van der Waals surface area contributed by atoms with Crippen LogP contribution >= 0.6 is 0 Å². The second kappa shape index (κ2) is 8.23. The Balaban J connectivity index is 1.91. The summed E-state index contributed by atoms with van der Waals surface area (Å²) in [5.74, 6) is 2.38. The number of nitrogens with zero attached hydrogens (tertiary/aromatic N) is 1. The van der Waals surface area contributed by atoms with E-state index < -0.39 is 0 Å². The Hall–Kier alpha value is -3.53. The van der Waals surface area contributed by atoms with Gasteiger partial charge in [-0.15, -0.1) is 0 Å². The Morgan fingerprint density at radius 2 is 1.45 bits per heavy atom. The van der Waals surface area contributed by atoms with Crippen molar-refractivity contribution in [3.05, 3.63) is 83.7 Å². The third-order valence-corrected chi connectivity index (χ3v) is 4.91. The van der Waals surface area contributed by atoms with E-state index in [0.717, 1.165) is 51.3 Å². The molecule has 29 heavy (non-hydrogen) atoms. The maximum Gasteiger partial charge on any atom is 0.136 e. The highest BCUT2D eigenvalue weighted by molar-refractivity contribution is 5.79. The van der Waals surface area contributed by atoms with E-state index in [1.165, 1.54) is 5.56 Å². The van der Waals surface area contributed by atoms with Crippen molar-refractivity contribution in [1.82, 2.24) is 0 Å². The first-order valence-corrected chi connectivity index (χ1v) is 9.60. The van der Waals surface area contributed by atoms with Gasteiger partial charge in [-0.1, -0.05) is 13.0 Å². The fourth-order valence-electron chi connectivity index (χ4n) is 3.22. The van der Waals surface area contributed by atoms with Gasteiger partial charge >= 0.3 is 0 Å². The minimum atomic E-state index is 0.761. The number of methoxy groups -OCH3 is 2. The molecule has 4 heteroatoms. The maximum absolute atomic E-state index is 6.21. The van der Waals surface area contributed by atoms with Crippen molar-refractivity contribution in [2.24, 2.45) is 4.99 Å². The molecule has 0 spiro atoms. The monoisotopic (exact) mass is 385 g/mol. The van der Waals surface area contributed by atoms with Crippen molar-refractivity contribution in [1.29, 1.82) is 0 Å². The van der Waals surface area contributed by atoms with Crippen molar-refractivity contribution < 1.29 is 13.9 Å². The van der Waals surface area contributed by atoms with Crippen LogP contribution in [0.3, 0.4) is 0 Å². The van der Waals surface area contributed by atoms with Crippen molar-refractivity contribution in [3.8, 4) is 22.8 Å². The fraction of sp³-hybridized carbons (Fsp3) is 0.160. The van der Waals surface area contributed by atoms with Gasteiger partial charge in [-0.05, 0) is 72.6 Å². The lowest BCUT2D eigenvalue weighted by molar-refractivity contribution is 0.414. The van der Waals surface area contributed by atoms with E-state index in [-0.39, 0.29) is 0 Å². The van der Waals surface area contributed by atoms with Crippen LogP contribution in [0, 0.1) is 0 Å². The SMILES string of the molecule is CCc1ccc2oc(-c3ccc(OC)cc3)cc(=Nc3ccc(OC)cc3)c2c1. The second-order valence-electron chi connectivity index (χ2n) is 6.72. The molecule has 0 atom stereocenters. The van der Waals surface area contributed by atoms with Gasteiger partial charge in [0, 0.05) is 17.0 Å². The molecule has 0 fully saturated rings. The molecule has 0 bridgehead atoms. The predicted molar refractivity (Wildman–Crippen MR) is 116 cm³/mol. The highest BCUT2D eigenvalue weighted by Gasteiger charge is 2.08. The molecule has 0 N–H and O–H groups in total. The number of rotatable bonds is 5. The van der Waals surface area contributed by atoms with Gasteiger partial charge in [0.1, 0.15) is 22.8 Å². The molecular formula is C25H23NO3. The zero-order valence-corrected chi connectivity index (χ0v) is 16.8. The molecule has 0 radical (unpaired) electrons. The lowest BCUT2D eigenvalue weighted by Crippen LogP contribution is -2.04. The zero-order chi connectivity index (χ0) is 20.2. The molecule has 0 saturated carbocycles. The largest absolute Gasteiger partial charge is 0.497 e. The highest BCUT2D eigenvalue weighted by atomic mass is 16.5. The number of hydrogen-bond acceptors (Lipinski definition) is 4. The van der Waals surface area contributed by atoms with Gasteiger partial charge in [0.25, 0.3) is 0 Å². The summed E-state index contributed by atoms with van der Waals surface area (Å²) >= 11 is 0. The Labute approximate surface area is 170 Å². The molecule has 146 valence electrons. The number of benzene rings is 3. The third kappa shape index (κ3) is 4.02. The molecule has 0 saturated heterocycles. The van der Waals surface area contributed by atoms with E-state index in [1.54, 1.807) is 14.2 Å². The van der Waals surface area contributed by atoms with Crippen molar-refractivity contribution in [3.63, 3.8) is 0 Å². The van der Waals surface area contributed by atoms with Gasteiger partial charge in [0.15, 0.2) is 0 Å². The Kier molecular flexibility index (Phi) is 5.34. The molecule has 0 aliphatic carbocycles. The summed E-state index contributed by atoms with van der Waals surface area (Å²) in [6.45, 7) is 2.14. The van der Waals surface area contributed by atoms with E-state index >= 15 is 0 Å². The number of fused-ring (bicyclic) bond motifs is 1. The van der Waals surface area contributed by atoms with Gasteiger partial charge < -0.3 is 13.9 Å². The smallest absolute Gasteiger partial charge is 0.136 e. The van der Waals surface area contributed by atoms with E-state index in [1.807, 2.05) is 60.7 Å². The minimum absolute atomic E-state index is 0.761. The van der Waals surface area contributed by atoms with Crippen molar-refractivity contribution >= 4 is 16.7 Å². The molecule has 4 nitrogen and oxygen atoms in total. The van der Waals surface area contributed by atoms with Crippen LogP contribution in [0.5, 0.6) is 11.5 Å².